The Morgan fingerprint density at radius 2 is 2.14 bits per heavy atom. The summed E-state index contributed by atoms with van der Waals surface area (Å²) < 4.78 is 34.7. The second kappa shape index (κ2) is 11.6. The molecule has 3 atom stereocenters. The van der Waals surface area contributed by atoms with Gasteiger partial charge in [-0.05, 0) is 31.5 Å². The van der Waals surface area contributed by atoms with Gasteiger partial charge in [0.1, 0.15) is 22.4 Å². The van der Waals surface area contributed by atoms with Crippen molar-refractivity contribution in [2.24, 2.45) is 5.92 Å². The molecule has 2 heterocycles. The molecule has 2 aromatic rings. The zero-order chi connectivity index (χ0) is 25.6. The van der Waals surface area contributed by atoms with Crippen molar-refractivity contribution in [3.8, 4) is 17.6 Å². The number of unbranched alkanes of at least 4 members (excludes halogenated alkanes) is 1. The summed E-state index contributed by atoms with van der Waals surface area (Å²) in [6, 6.07) is 4.16. The summed E-state index contributed by atoms with van der Waals surface area (Å²) in [5.74, 6) is 5.69. The van der Waals surface area contributed by atoms with Gasteiger partial charge in [-0.3, -0.25) is 9.78 Å². The first-order chi connectivity index (χ1) is 16.7. The highest BCUT2D eigenvalue weighted by atomic mass is 32.2. The van der Waals surface area contributed by atoms with Crippen LogP contribution in [0.5, 0.6) is 5.75 Å². The topological polar surface area (TPSA) is 113 Å². The van der Waals surface area contributed by atoms with Gasteiger partial charge in [0, 0.05) is 49.9 Å². The van der Waals surface area contributed by atoms with Gasteiger partial charge in [0.2, 0.25) is 10.0 Å². The number of ether oxygens (including phenoxy) is 1. The number of hydrogen-bond donors (Lipinski definition) is 1. The van der Waals surface area contributed by atoms with Gasteiger partial charge < -0.3 is 14.7 Å². The van der Waals surface area contributed by atoms with E-state index < -0.39 is 22.2 Å². The van der Waals surface area contributed by atoms with Gasteiger partial charge in [-0.1, -0.05) is 25.7 Å². The molecule has 0 aliphatic carbocycles. The van der Waals surface area contributed by atoms with E-state index in [0.29, 0.717) is 5.56 Å². The molecule has 1 amide bonds. The Balaban J connectivity index is 2.01. The average molecular weight is 501 g/mol. The van der Waals surface area contributed by atoms with Crippen molar-refractivity contribution in [3.63, 3.8) is 0 Å². The number of aliphatic hydroxyl groups excluding tert-OH is 1. The van der Waals surface area contributed by atoms with E-state index in [1.165, 1.54) is 33.9 Å². The van der Waals surface area contributed by atoms with Crippen LogP contribution in [0.25, 0.3) is 0 Å². The quantitative estimate of drug-likeness (QED) is 0.605. The van der Waals surface area contributed by atoms with Crippen molar-refractivity contribution in [2.45, 2.75) is 50.7 Å². The van der Waals surface area contributed by atoms with Crippen LogP contribution >= 0.6 is 0 Å². The van der Waals surface area contributed by atoms with Crippen LogP contribution in [0.3, 0.4) is 0 Å². The van der Waals surface area contributed by atoms with Gasteiger partial charge in [-0.2, -0.15) is 4.31 Å². The van der Waals surface area contributed by atoms with Gasteiger partial charge in [0.25, 0.3) is 5.91 Å². The smallest absolute Gasteiger partial charge is 0.273 e. The van der Waals surface area contributed by atoms with Gasteiger partial charge in [0.15, 0.2) is 0 Å². The maximum absolute atomic E-state index is 13.5. The molecule has 1 aliphatic rings. The van der Waals surface area contributed by atoms with Gasteiger partial charge >= 0.3 is 0 Å². The molecule has 0 radical (unpaired) electrons. The fraction of sp³-hybridized carbons (Fsp3) is 0.480. The number of carbonyl (C=O) groups is 1. The summed E-state index contributed by atoms with van der Waals surface area (Å²) in [4.78, 5) is 22.4. The molecule has 1 aromatic heterocycles. The van der Waals surface area contributed by atoms with E-state index in [0.717, 1.165) is 12.8 Å². The lowest BCUT2D eigenvalue weighted by Crippen LogP contribution is -2.50. The minimum Gasteiger partial charge on any atom is -0.487 e. The van der Waals surface area contributed by atoms with E-state index in [4.69, 9.17) is 4.74 Å². The Morgan fingerprint density at radius 3 is 2.80 bits per heavy atom. The molecule has 0 unspecified atom stereocenters. The number of carbonyl (C=O) groups excluding carboxylic acids is 1. The number of sulfonamides is 1. The third-order valence-corrected chi connectivity index (χ3v) is 7.88. The number of amides is 1. The van der Waals surface area contributed by atoms with Crippen molar-refractivity contribution in [1.29, 1.82) is 0 Å². The summed E-state index contributed by atoms with van der Waals surface area (Å²) in [6.45, 7) is 5.57. The Bertz CT molecular complexity index is 1190. The SMILES string of the molecule is CCCC#Cc1ccc2c(c1)O[C@@H](CN(C)C(=O)c1cnccn1)[C@@H](C)CN([C@@H](C)CO)S2(=O)=O. The molecule has 0 bridgehead atoms. The van der Waals surface area contributed by atoms with Gasteiger partial charge in [0.05, 0.1) is 19.3 Å². The third-order valence-electron chi connectivity index (χ3n) is 5.86. The first-order valence-electron chi connectivity index (χ1n) is 11.6. The molecular formula is C25H32N4O5S. The number of aliphatic hydroxyl groups is 1. The monoisotopic (exact) mass is 500 g/mol. The fourth-order valence-corrected chi connectivity index (χ4v) is 5.59. The van der Waals surface area contributed by atoms with Crippen molar-refractivity contribution < 1.29 is 23.1 Å². The van der Waals surface area contributed by atoms with E-state index in [-0.39, 0.29) is 47.9 Å². The lowest BCUT2D eigenvalue weighted by molar-refractivity contribution is 0.0559. The number of rotatable bonds is 6. The van der Waals surface area contributed by atoms with Crippen molar-refractivity contribution >= 4 is 15.9 Å². The number of benzene rings is 1. The molecule has 9 nitrogen and oxygen atoms in total. The number of hydrogen-bond acceptors (Lipinski definition) is 7. The summed E-state index contributed by atoms with van der Waals surface area (Å²) >= 11 is 0. The molecule has 0 saturated heterocycles. The van der Waals surface area contributed by atoms with Gasteiger partial charge in [-0.25, -0.2) is 13.4 Å². The third kappa shape index (κ3) is 6.17. The van der Waals surface area contributed by atoms with Crippen LogP contribution in [0.15, 0.2) is 41.7 Å². The Kier molecular flexibility index (Phi) is 8.83. The van der Waals surface area contributed by atoms with Gasteiger partial charge in [-0.15, -0.1) is 0 Å². The van der Waals surface area contributed by atoms with E-state index >= 15 is 0 Å². The molecule has 35 heavy (non-hydrogen) atoms. The Hall–Kier alpha value is -3.00. The predicted molar refractivity (Wildman–Crippen MR) is 131 cm³/mol. The van der Waals surface area contributed by atoms with Crippen LogP contribution in [-0.4, -0.2) is 77.5 Å². The molecule has 1 N–H and O–H groups in total. The average Bonchev–Trinajstić information content (AvgIpc) is 2.85. The molecule has 0 spiro atoms. The maximum Gasteiger partial charge on any atom is 0.273 e. The summed E-state index contributed by atoms with van der Waals surface area (Å²) in [5.41, 5.74) is 0.852. The highest BCUT2D eigenvalue weighted by molar-refractivity contribution is 7.89. The lowest BCUT2D eigenvalue weighted by atomic mass is 10.0. The minimum absolute atomic E-state index is 0.0126. The molecule has 1 aliphatic heterocycles. The van der Waals surface area contributed by atoms with E-state index in [1.54, 1.807) is 26.1 Å². The number of fused-ring (bicyclic) bond motifs is 1. The predicted octanol–water partition coefficient (Wildman–Crippen LogP) is 2.17. The minimum atomic E-state index is -3.94. The van der Waals surface area contributed by atoms with E-state index in [1.807, 2.05) is 13.8 Å². The van der Waals surface area contributed by atoms with Crippen LogP contribution < -0.4 is 4.74 Å². The largest absolute Gasteiger partial charge is 0.487 e. The van der Waals surface area contributed by atoms with Crippen LogP contribution in [0.2, 0.25) is 0 Å². The van der Waals surface area contributed by atoms with Crippen molar-refractivity contribution in [2.75, 3.05) is 26.7 Å². The number of aromatic nitrogens is 2. The van der Waals surface area contributed by atoms with Crippen molar-refractivity contribution in [3.05, 3.63) is 48.0 Å². The van der Waals surface area contributed by atoms with Crippen LogP contribution in [0, 0.1) is 17.8 Å². The standard InChI is InChI=1S/C25H32N4O5S/c1-5-6-7-8-20-9-10-24-22(13-20)34-23(16-28(4)25(31)21-14-26-11-12-27-21)18(2)15-29(19(3)17-30)35(24,32)33/h9-14,18-19,23,30H,5-6,15-17H2,1-4H3/t18-,19-,23-/m0/s1. The summed E-state index contributed by atoms with van der Waals surface area (Å²) in [5, 5.41) is 9.77. The summed E-state index contributed by atoms with van der Waals surface area (Å²) in [7, 11) is -2.30. The van der Waals surface area contributed by atoms with Crippen LogP contribution in [0.1, 0.15) is 49.7 Å². The normalized spacial score (nSPS) is 20.3. The van der Waals surface area contributed by atoms with Crippen LogP contribution in [-0.2, 0) is 10.0 Å². The number of nitrogens with zero attached hydrogens (tertiary/aromatic N) is 4. The molecule has 188 valence electrons. The lowest BCUT2D eigenvalue weighted by Gasteiger charge is -2.37. The van der Waals surface area contributed by atoms with Crippen molar-refractivity contribution in [1.82, 2.24) is 19.2 Å². The summed E-state index contributed by atoms with van der Waals surface area (Å²) in [6.07, 6.45) is 5.46. The number of likely N-dealkylation sites (N-methyl/N-ethyl adjacent to an activating group) is 1. The molecular weight excluding hydrogens is 468 g/mol. The molecule has 0 fully saturated rings. The van der Waals surface area contributed by atoms with Crippen LogP contribution in [0.4, 0.5) is 0 Å². The Labute approximate surface area is 207 Å². The Morgan fingerprint density at radius 1 is 1.37 bits per heavy atom. The molecule has 3 rings (SSSR count). The highest BCUT2D eigenvalue weighted by Gasteiger charge is 2.38. The fourth-order valence-electron chi connectivity index (χ4n) is 3.77. The molecule has 10 heteroatoms. The first kappa shape index (κ1) is 26.6. The zero-order valence-corrected chi connectivity index (χ0v) is 21.3. The maximum atomic E-state index is 13.5. The second-order valence-electron chi connectivity index (χ2n) is 8.73. The molecule has 1 aromatic carbocycles. The molecule has 0 saturated carbocycles. The zero-order valence-electron chi connectivity index (χ0n) is 20.5. The first-order valence-corrected chi connectivity index (χ1v) is 13.1. The van der Waals surface area contributed by atoms with E-state index in [2.05, 4.69) is 21.8 Å². The highest BCUT2D eigenvalue weighted by Crippen LogP contribution is 2.34. The second-order valence-corrected chi connectivity index (χ2v) is 10.6. The van der Waals surface area contributed by atoms with E-state index in [9.17, 15) is 18.3 Å².